The quantitative estimate of drug-likeness (QED) is 0.864. The number of likely N-dealkylation sites (N-methyl/N-ethyl adjacent to an activating group) is 1. The van der Waals surface area contributed by atoms with Crippen molar-refractivity contribution >= 4 is 16.7 Å². The molecule has 5 nitrogen and oxygen atoms in total. The molecular weight excluding hydrogens is 314 g/mol. The number of rotatable bonds is 4. The maximum atomic E-state index is 12.0. The number of hydrogen-bond acceptors (Lipinski definition) is 5. The Bertz CT molecular complexity index is 784. The smallest absolute Gasteiger partial charge is 0.336 e. The Morgan fingerprint density at radius 2 is 1.84 bits per heavy atom. The minimum atomic E-state index is -0.270. The maximum Gasteiger partial charge on any atom is 0.336 e. The van der Waals surface area contributed by atoms with Gasteiger partial charge in [0.2, 0.25) is 0 Å². The number of fused-ring (bicyclic) bond motifs is 1. The number of anilines is 1. The zero-order chi connectivity index (χ0) is 18.0. The average Bonchev–Trinajstić information content (AvgIpc) is 2.53. The molecule has 25 heavy (non-hydrogen) atoms. The Labute approximate surface area is 149 Å². The highest BCUT2D eigenvalue weighted by Gasteiger charge is 2.16. The predicted octanol–water partition coefficient (Wildman–Crippen LogP) is 2.48. The van der Waals surface area contributed by atoms with E-state index in [0.717, 1.165) is 55.8 Å². The van der Waals surface area contributed by atoms with Gasteiger partial charge in [0.1, 0.15) is 5.58 Å². The number of nitrogens with one attached hydrogen (secondary N) is 1. The van der Waals surface area contributed by atoms with Gasteiger partial charge < -0.3 is 19.5 Å². The fourth-order valence-electron chi connectivity index (χ4n) is 3.26. The third-order valence-electron chi connectivity index (χ3n) is 4.73. The fraction of sp³-hybridized carbons (Fsp3) is 0.550. The van der Waals surface area contributed by atoms with E-state index in [1.54, 1.807) is 6.07 Å². The topological polar surface area (TPSA) is 48.7 Å². The molecule has 1 aromatic heterocycles. The van der Waals surface area contributed by atoms with Gasteiger partial charge in [0, 0.05) is 54.9 Å². The van der Waals surface area contributed by atoms with Crippen molar-refractivity contribution in [1.82, 2.24) is 10.2 Å². The monoisotopic (exact) mass is 343 g/mol. The molecule has 1 fully saturated rings. The maximum absolute atomic E-state index is 12.0. The zero-order valence-corrected chi connectivity index (χ0v) is 15.8. The summed E-state index contributed by atoms with van der Waals surface area (Å²) in [4.78, 5) is 16.7. The molecule has 0 atom stereocenters. The van der Waals surface area contributed by atoms with Crippen molar-refractivity contribution in [2.45, 2.75) is 32.7 Å². The summed E-state index contributed by atoms with van der Waals surface area (Å²) in [6.07, 6.45) is 0.813. The van der Waals surface area contributed by atoms with Crippen LogP contribution in [0.25, 0.3) is 11.0 Å². The SMILES string of the molecule is CN1CCN(c2ccc3c(CCNC(C)(C)C)cc(=O)oc3c2)CC1. The van der Waals surface area contributed by atoms with Crippen molar-refractivity contribution in [1.29, 1.82) is 0 Å². The Hall–Kier alpha value is -1.85. The van der Waals surface area contributed by atoms with Crippen LogP contribution in [0.5, 0.6) is 0 Å². The Kier molecular flexibility index (Phi) is 5.16. The van der Waals surface area contributed by atoms with Crippen LogP contribution in [0.1, 0.15) is 26.3 Å². The van der Waals surface area contributed by atoms with Gasteiger partial charge in [-0.05, 0) is 58.5 Å². The van der Waals surface area contributed by atoms with Crippen molar-refractivity contribution in [2.75, 3.05) is 44.7 Å². The summed E-state index contributed by atoms with van der Waals surface area (Å²) in [5.74, 6) is 0. The molecule has 2 heterocycles. The third-order valence-corrected chi connectivity index (χ3v) is 4.73. The Morgan fingerprint density at radius 1 is 1.12 bits per heavy atom. The van der Waals surface area contributed by atoms with Crippen LogP contribution in [0.2, 0.25) is 0 Å². The molecule has 0 unspecified atom stereocenters. The first kappa shape index (κ1) is 18.0. The summed E-state index contributed by atoms with van der Waals surface area (Å²) in [7, 11) is 2.15. The van der Waals surface area contributed by atoms with Gasteiger partial charge >= 0.3 is 5.63 Å². The van der Waals surface area contributed by atoms with Crippen molar-refractivity contribution < 1.29 is 4.42 Å². The van der Waals surface area contributed by atoms with E-state index in [-0.39, 0.29) is 11.2 Å². The average molecular weight is 343 g/mol. The van der Waals surface area contributed by atoms with Crippen molar-refractivity contribution in [2.24, 2.45) is 0 Å². The third kappa shape index (κ3) is 4.61. The van der Waals surface area contributed by atoms with Crippen LogP contribution in [0, 0.1) is 0 Å². The van der Waals surface area contributed by atoms with Gasteiger partial charge in [-0.15, -0.1) is 0 Å². The second kappa shape index (κ2) is 7.18. The van der Waals surface area contributed by atoms with Crippen molar-refractivity contribution in [3.63, 3.8) is 0 Å². The lowest BCUT2D eigenvalue weighted by Crippen LogP contribution is -2.44. The van der Waals surface area contributed by atoms with E-state index < -0.39 is 0 Å². The normalized spacial score (nSPS) is 16.6. The summed E-state index contributed by atoms with van der Waals surface area (Å²) in [6, 6.07) is 7.89. The molecule has 0 bridgehead atoms. The standard InChI is InChI=1S/C20H29N3O2/c1-20(2,3)21-8-7-15-13-19(24)25-18-14-16(5-6-17(15)18)23-11-9-22(4)10-12-23/h5-6,13-14,21H,7-12H2,1-4H3. The van der Waals surface area contributed by atoms with Crippen LogP contribution in [-0.2, 0) is 6.42 Å². The lowest BCUT2D eigenvalue weighted by atomic mass is 10.0. The van der Waals surface area contributed by atoms with Crippen LogP contribution in [-0.4, -0.2) is 50.2 Å². The first-order valence-electron chi connectivity index (χ1n) is 9.07. The highest BCUT2D eigenvalue weighted by molar-refractivity contribution is 5.83. The highest BCUT2D eigenvalue weighted by Crippen LogP contribution is 2.25. The molecule has 1 N–H and O–H groups in total. The summed E-state index contributed by atoms with van der Waals surface area (Å²) in [6.45, 7) is 11.4. The second-order valence-electron chi connectivity index (χ2n) is 7.99. The summed E-state index contributed by atoms with van der Waals surface area (Å²) in [5, 5.41) is 4.51. The van der Waals surface area contributed by atoms with Gasteiger partial charge in [-0.3, -0.25) is 0 Å². The summed E-state index contributed by atoms with van der Waals surface area (Å²) in [5.41, 5.74) is 2.68. The minimum Gasteiger partial charge on any atom is -0.423 e. The fourth-order valence-corrected chi connectivity index (χ4v) is 3.26. The molecule has 5 heteroatoms. The van der Waals surface area contributed by atoms with Crippen LogP contribution < -0.4 is 15.8 Å². The number of hydrogen-bond donors (Lipinski definition) is 1. The Morgan fingerprint density at radius 3 is 2.52 bits per heavy atom. The minimum absolute atomic E-state index is 0.0733. The van der Waals surface area contributed by atoms with Gasteiger partial charge in [-0.2, -0.15) is 0 Å². The molecule has 1 aliphatic rings. The van der Waals surface area contributed by atoms with Crippen LogP contribution in [0.4, 0.5) is 5.69 Å². The van der Waals surface area contributed by atoms with E-state index in [9.17, 15) is 4.79 Å². The molecule has 0 saturated carbocycles. The van der Waals surface area contributed by atoms with Crippen LogP contribution in [0.3, 0.4) is 0 Å². The molecule has 1 aromatic carbocycles. The van der Waals surface area contributed by atoms with Gasteiger partial charge in [-0.25, -0.2) is 4.79 Å². The Balaban J connectivity index is 1.84. The van der Waals surface area contributed by atoms with Crippen molar-refractivity contribution in [3.8, 4) is 0 Å². The molecule has 2 aromatic rings. The summed E-state index contributed by atoms with van der Waals surface area (Å²) < 4.78 is 5.49. The van der Waals surface area contributed by atoms with E-state index in [0.29, 0.717) is 5.58 Å². The first-order chi connectivity index (χ1) is 11.8. The van der Waals surface area contributed by atoms with Gasteiger partial charge in [0.25, 0.3) is 0 Å². The molecule has 0 spiro atoms. The molecule has 0 amide bonds. The molecule has 1 aliphatic heterocycles. The van der Waals surface area contributed by atoms with E-state index in [4.69, 9.17) is 4.42 Å². The predicted molar refractivity (Wildman–Crippen MR) is 104 cm³/mol. The second-order valence-corrected chi connectivity index (χ2v) is 7.99. The van der Waals surface area contributed by atoms with Gasteiger partial charge in [-0.1, -0.05) is 0 Å². The number of piperazine rings is 1. The molecule has 0 aliphatic carbocycles. The molecule has 136 valence electrons. The number of nitrogens with zero attached hydrogens (tertiary/aromatic N) is 2. The van der Waals surface area contributed by atoms with Gasteiger partial charge in [0.05, 0.1) is 0 Å². The molecule has 1 saturated heterocycles. The van der Waals surface area contributed by atoms with E-state index >= 15 is 0 Å². The van der Waals surface area contributed by atoms with E-state index in [2.05, 4.69) is 55.1 Å². The van der Waals surface area contributed by atoms with Crippen LogP contribution >= 0.6 is 0 Å². The van der Waals surface area contributed by atoms with Crippen LogP contribution in [0.15, 0.2) is 33.5 Å². The lowest BCUT2D eigenvalue weighted by Gasteiger charge is -2.34. The zero-order valence-electron chi connectivity index (χ0n) is 15.8. The molecular formula is C20H29N3O2. The van der Waals surface area contributed by atoms with Gasteiger partial charge in [0.15, 0.2) is 0 Å². The molecule has 0 radical (unpaired) electrons. The number of benzene rings is 1. The molecule has 3 rings (SSSR count). The van der Waals surface area contributed by atoms with Crippen molar-refractivity contribution in [3.05, 3.63) is 40.2 Å². The van der Waals surface area contributed by atoms with E-state index in [1.807, 2.05) is 6.07 Å². The lowest BCUT2D eigenvalue weighted by molar-refractivity contribution is 0.313. The van der Waals surface area contributed by atoms with E-state index in [1.165, 1.54) is 0 Å². The first-order valence-corrected chi connectivity index (χ1v) is 9.07. The highest BCUT2D eigenvalue weighted by atomic mass is 16.4. The largest absolute Gasteiger partial charge is 0.423 e. The summed E-state index contributed by atoms with van der Waals surface area (Å²) >= 11 is 0.